The van der Waals surface area contributed by atoms with Crippen molar-refractivity contribution in [2.45, 2.75) is 95.9 Å². The third kappa shape index (κ3) is 7.61. The summed E-state index contributed by atoms with van der Waals surface area (Å²) in [5.41, 5.74) is 0.306. The highest BCUT2D eigenvalue weighted by molar-refractivity contribution is 7.10. The number of unbranched alkanes of at least 4 members (excludes halogenated alkanes) is 1. The molecular weight excluding hydrogens is 430 g/mol. The third-order valence-corrected chi connectivity index (χ3v) is 7.88. The topological polar surface area (TPSA) is 65.0 Å². The zero-order chi connectivity index (χ0) is 23.4. The van der Waals surface area contributed by atoms with Gasteiger partial charge in [0, 0.05) is 37.6 Å². The lowest BCUT2D eigenvalue weighted by atomic mass is 9.62. The molecule has 7 atom stereocenters. The summed E-state index contributed by atoms with van der Waals surface area (Å²) in [4.78, 5) is 11.2. The molecular formula is C24H42O5P2. The lowest BCUT2D eigenvalue weighted by molar-refractivity contribution is -0.140. The molecule has 2 aliphatic rings. The van der Waals surface area contributed by atoms with E-state index in [1.807, 2.05) is 0 Å². The van der Waals surface area contributed by atoms with Gasteiger partial charge in [0.1, 0.15) is 0 Å². The van der Waals surface area contributed by atoms with E-state index in [4.69, 9.17) is 10.3 Å². The fourth-order valence-corrected chi connectivity index (χ4v) is 5.97. The quantitative estimate of drug-likeness (QED) is 0.146. The largest absolute Gasteiger partial charge is 0.469 e. The van der Waals surface area contributed by atoms with Crippen LogP contribution in [0.25, 0.3) is 0 Å². The van der Waals surface area contributed by atoms with Crippen LogP contribution < -0.4 is 0 Å². The predicted octanol–water partition coefficient (Wildman–Crippen LogP) is 5.54. The Morgan fingerprint density at radius 3 is 2.77 bits per heavy atom. The fraction of sp³-hybridized carbons (Fsp3) is 0.792. The van der Waals surface area contributed by atoms with Gasteiger partial charge in [0.25, 0.3) is 0 Å². The van der Waals surface area contributed by atoms with E-state index < -0.39 is 6.10 Å². The minimum absolute atomic E-state index is 0.0770. The molecule has 0 amide bonds. The van der Waals surface area contributed by atoms with E-state index in [1.54, 1.807) is 0 Å². The van der Waals surface area contributed by atoms with E-state index in [2.05, 4.69) is 45.4 Å². The molecule has 5 nitrogen and oxygen atoms in total. The van der Waals surface area contributed by atoms with E-state index in [9.17, 15) is 9.90 Å². The predicted molar refractivity (Wildman–Crippen MR) is 131 cm³/mol. The van der Waals surface area contributed by atoms with Crippen molar-refractivity contribution < 1.29 is 23.7 Å². The van der Waals surface area contributed by atoms with Crippen LogP contribution in [0.5, 0.6) is 0 Å². The molecule has 1 N–H and O–H groups in total. The molecule has 7 heteroatoms. The zero-order valence-electron chi connectivity index (χ0n) is 20.1. The maximum Gasteiger partial charge on any atom is 0.305 e. The van der Waals surface area contributed by atoms with Gasteiger partial charge in [-0.05, 0) is 56.3 Å². The standard InChI is InChI=1S/C24H42O5P2/c1-3-14-24(15-9-16-24)22(29-31)12-8-11-19-18(20(25)17-21(19)28-30)10-6-4-5-7-13-23(26)27-2/h4,6,8,11,18-22,25H,3,5,7,9-10,12-17,30-31H2,1-2H3/b6-4-,11-8+/t18-,19-,20+,21-,22?/m1/s1/i30T/t18-,19-,20+,21-,22?,30?. The second-order valence-electron chi connectivity index (χ2n) is 9.13. The Morgan fingerprint density at radius 1 is 1.35 bits per heavy atom. The van der Waals surface area contributed by atoms with Gasteiger partial charge in [-0.2, -0.15) is 0 Å². The number of aliphatic hydroxyl groups excluding tert-OH is 1. The Balaban J connectivity index is 1.95. The summed E-state index contributed by atoms with van der Waals surface area (Å²) in [7, 11) is 3.55. The van der Waals surface area contributed by atoms with Gasteiger partial charge < -0.3 is 18.9 Å². The molecule has 31 heavy (non-hydrogen) atoms. The van der Waals surface area contributed by atoms with Crippen LogP contribution in [0.15, 0.2) is 24.3 Å². The minimum Gasteiger partial charge on any atom is -0.469 e. The number of aliphatic hydroxyl groups is 1. The SMILES string of the molecule is [3H]PO[C@@H]1C[C@H](O)[C@H](C/C=C\CCCC(=O)OC)[C@H]1/C=C/CC(OP)C1(CCC)CCC1. The number of carbonyl (C=O) groups is 1. The van der Waals surface area contributed by atoms with Crippen LogP contribution in [-0.2, 0) is 18.6 Å². The molecule has 2 fully saturated rings. The van der Waals surface area contributed by atoms with Crippen molar-refractivity contribution in [3.8, 4) is 0 Å². The molecule has 2 aliphatic carbocycles. The van der Waals surface area contributed by atoms with E-state index >= 15 is 0 Å². The third-order valence-electron chi connectivity index (χ3n) is 7.25. The number of rotatable bonds is 15. The second kappa shape index (κ2) is 14.1. The van der Waals surface area contributed by atoms with Crippen molar-refractivity contribution in [1.82, 2.24) is 0 Å². The number of hydrogen-bond acceptors (Lipinski definition) is 5. The normalized spacial score (nSPS) is 29.6. The number of methoxy groups -OCH3 is 1. The molecule has 3 unspecified atom stereocenters. The number of ether oxygens (including phenoxy) is 1. The smallest absolute Gasteiger partial charge is 0.305 e. The van der Waals surface area contributed by atoms with Gasteiger partial charge >= 0.3 is 5.97 Å². The van der Waals surface area contributed by atoms with Gasteiger partial charge in [0.2, 0.25) is 0 Å². The molecule has 0 radical (unpaired) electrons. The van der Waals surface area contributed by atoms with E-state index in [-0.39, 0.29) is 39.4 Å². The van der Waals surface area contributed by atoms with Crippen molar-refractivity contribution in [3.63, 3.8) is 0 Å². The van der Waals surface area contributed by atoms with Gasteiger partial charge in [-0.3, -0.25) is 4.79 Å². The molecule has 0 heterocycles. The van der Waals surface area contributed by atoms with Crippen molar-refractivity contribution in [3.05, 3.63) is 24.3 Å². The molecule has 0 aromatic rings. The maximum atomic E-state index is 11.2. The summed E-state index contributed by atoms with van der Waals surface area (Å²) < 4.78 is 23.7. The summed E-state index contributed by atoms with van der Waals surface area (Å²) in [6.07, 6.45) is 18.6. The first kappa shape index (κ1) is 25.3. The highest BCUT2D eigenvalue weighted by atomic mass is 31.0. The molecule has 178 valence electrons. The van der Waals surface area contributed by atoms with Crippen molar-refractivity contribution in [2.24, 2.45) is 17.3 Å². The Hall–Kier alpha value is -0.310. The molecule has 0 aromatic heterocycles. The number of hydrogen-bond donors (Lipinski definition) is 1. The van der Waals surface area contributed by atoms with Crippen molar-refractivity contribution in [1.29, 1.82) is 1.28 Å². The average Bonchev–Trinajstić information content (AvgIpc) is 3.05. The number of esters is 1. The van der Waals surface area contributed by atoms with Gasteiger partial charge in [0.15, 0.2) is 0 Å². The van der Waals surface area contributed by atoms with Crippen LogP contribution in [0.1, 0.15) is 77.6 Å². The molecule has 2 saturated carbocycles. The Morgan fingerprint density at radius 2 is 2.16 bits per heavy atom. The molecule has 2 rings (SSSR count). The van der Waals surface area contributed by atoms with Crippen LogP contribution >= 0.6 is 18.9 Å². The van der Waals surface area contributed by atoms with E-state index in [0.717, 1.165) is 25.7 Å². The minimum atomic E-state index is -0.433. The van der Waals surface area contributed by atoms with E-state index in [0.29, 0.717) is 18.3 Å². The number of carbonyl (C=O) groups excluding carboxylic acids is 1. The molecule has 0 aliphatic heterocycles. The summed E-state index contributed by atoms with van der Waals surface area (Å²) >= 11 is 0. The molecule has 0 saturated heterocycles. The summed E-state index contributed by atoms with van der Waals surface area (Å²) in [6, 6.07) is 0. The van der Waals surface area contributed by atoms with Crippen LogP contribution in [-0.4, -0.2) is 37.8 Å². The Bertz CT molecular complexity index is 611. The highest BCUT2D eigenvalue weighted by Gasteiger charge is 2.43. The number of allylic oxidation sites excluding steroid dienone is 2. The molecule has 0 aromatic carbocycles. The average molecular weight is 475 g/mol. The fourth-order valence-electron chi connectivity index (χ4n) is 5.32. The Kier molecular flexibility index (Phi) is 11.5. The molecule has 0 bridgehead atoms. The Labute approximate surface area is 194 Å². The maximum absolute atomic E-state index is 11.2. The van der Waals surface area contributed by atoms with Gasteiger partial charge in [-0.25, -0.2) is 0 Å². The zero-order valence-corrected chi connectivity index (χ0v) is 21.3. The summed E-state index contributed by atoms with van der Waals surface area (Å²) in [5.74, 6) is -0.00853. The van der Waals surface area contributed by atoms with Crippen LogP contribution in [0.4, 0.5) is 0 Å². The van der Waals surface area contributed by atoms with Gasteiger partial charge in [-0.1, -0.05) is 44.1 Å². The van der Waals surface area contributed by atoms with Crippen molar-refractivity contribution >= 4 is 24.8 Å². The monoisotopic (exact) mass is 474 g/mol. The first-order valence-electron chi connectivity index (χ1n) is 12.3. The molecule has 0 spiro atoms. The lowest BCUT2D eigenvalue weighted by Crippen LogP contribution is -2.41. The van der Waals surface area contributed by atoms with Crippen LogP contribution in [0.2, 0.25) is 0 Å². The first-order valence-corrected chi connectivity index (χ1v) is 12.6. The van der Waals surface area contributed by atoms with Crippen LogP contribution in [0.3, 0.4) is 0 Å². The van der Waals surface area contributed by atoms with Crippen LogP contribution in [0, 0.1) is 17.3 Å². The second-order valence-corrected chi connectivity index (χ2v) is 9.64. The lowest BCUT2D eigenvalue weighted by Gasteiger charge is -2.47. The summed E-state index contributed by atoms with van der Waals surface area (Å²) in [6.45, 7) is 2.24. The summed E-state index contributed by atoms with van der Waals surface area (Å²) in [5, 5.41) is 10.7. The highest BCUT2D eigenvalue weighted by Crippen LogP contribution is 2.50. The van der Waals surface area contributed by atoms with Gasteiger partial charge in [0.05, 0.1) is 26.7 Å². The van der Waals surface area contributed by atoms with Crippen molar-refractivity contribution in [2.75, 3.05) is 7.11 Å². The van der Waals surface area contributed by atoms with E-state index in [1.165, 1.54) is 39.2 Å². The first-order chi connectivity index (χ1) is 15.5. The van der Waals surface area contributed by atoms with Gasteiger partial charge in [-0.15, -0.1) is 0 Å².